The number of fused-ring (bicyclic) bond motifs is 1. The van der Waals surface area contributed by atoms with Gasteiger partial charge in [-0.2, -0.15) is 0 Å². The second-order valence-corrected chi connectivity index (χ2v) is 10.0. The second-order valence-electron chi connectivity index (χ2n) is 6.93. The van der Waals surface area contributed by atoms with Crippen molar-refractivity contribution in [1.29, 1.82) is 0 Å². The van der Waals surface area contributed by atoms with Gasteiger partial charge in [-0.3, -0.25) is 0 Å². The number of nitrogens with two attached hydrogens (primary N) is 1. The molecule has 0 saturated heterocycles. The first-order valence-corrected chi connectivity index (χ1v) is 11.7. The minimum Gasteiger partial charge on any atom is -0.326 e. The molecule has 150 valence electrons. The van der Waals surface area contributed by atoms with Gasteiger partial charge in [0.1, 0.15) is 4.21 Å². The number of hydrogen-bond acceptors (Lipinski definition) is 5. The van der Waals surface area contributed by atoms with Crippen molar-refractivity contribution in [2.24, 2.45) is 5.73 Å². The quantitative estimate of drug-likeness (QED) is 0.531. The van der Waals surface area contributed by atoms with E-state index in [9.17, 15) is 8.42 Å². The average molecular weight is 418 g/mol. The number of aryl methyl sites for hydroxylation is 1. The molecule has 0 radical (unpaired) electrons. The van der Waals surface area contributed by atoms with Gasteiger partial charge in [0.2, 0.25) is 10.0 Å². The van der Waals surface area contributed by atoms with E-state index >= 15 is 0 Å². The van der Waals surface area contributed by atoms with Gasteiger partial charge in [-0.05, 0) is 55.1 Å². The summed E-state index contributed by atoms with van der Waals surface area (Å²) < 4.78 is 29.1. The highest BCUT2D eigenvalue weighted by atomic mass is 32.2. The van der Waals surface area contributed by atoms with Gasteiger partial charge in [0, 0.05) is 24.3 Å². The summed E-state index contributed by atoms with van der Waals surface area (Å²) in [6.45, 7) is 2.57. The molecule has 0 aliphatic heterocycles. The van der Waals surface area contributed by atoms with Crippen LogP contribution in [0.15, 0.2) is 58.8 Å². The van der Waals surface area contributed by atoms with Gasteiger partial charge < -0.3 is 10.6 Å². The summed E-state index contributed by atoms with van der Waals surface area (Å²) in [5, 5.41) is 0.962. The van der Waals surface area contributed by atoms with Crippen LogP contribution in [0.1, 0.15) is 17.5 Å². The lowest BCUT2D eigenvalue weighted by Gasteiger charge is -2.16. The minimum atomic E-state index is -3.46. The molecule has 3 rings (SSSR count). The van der Waals surface area contributed by atoms with Gasteiger partial charge in [-0.25, -0.2) is 13.1 Å². The largest absolute Gasteiger partial charge is 0.326 e. The van der Waals surface area contributed by atoms with E-state index in [1.54, 1.807) is 6.07 Å². The van der Waals surface area contributed by atoms with E-state index in [4.69, 9.17) is 5.73 Å². The molecule has 0 atom stereocenters. The third-order valence-corrected chi connectivity index (χ3v) is 7.77. The topological polar surface area (TPSA) is 75.4 Å². The Labute approximate surface area is 171 Å². The fourth-order valence-electron chi connectivity index (χ4n) is 3.04. The molecule has 7 heteroatoms. The number of thiophene rings is 1. The molecular weight excluding hydrogens is 390 g/mol. The third-order valence-electron chi connectivity index (χ3n) is 4.72. The Morgan fingerprint density at radius 1 is 1.04 bits per heavy atom. The normalized spacial score (nSPS) is 12.1. The van der Waals surface area contributed by atoms with E-state index in [0.29, 0.717) is 23.8 Å². The minimum absolute atomic E-state index is 0.372. The molecule has 0 fully saturated rings. The van der Waals surface area contributed by atoms with Crippen molar-refractivity contribution in [2.75, 3.05) is 26.7 Å². The zero-order valence-electron chi connectivity index (χ0n) is 16.1. The molecule has 1 heterocycles. The zero-order valence-corrected chi connectivity index (χ0v) is 17.7. The molecule has 1 aromatic heterocycles. The maximum absolute atomic E-state index is 12.5. The van der Waals surface area contributed by atoms with Crippen molar-refractivity contribution in [3.63, 3.8) is 0 Å². The van der Waals surface area contributed by atoms with Crippen LogP contribution in [-0.2, 0) is 23.0 Å². The third kappa shape index (κ3) is 5.62. The van der Waals surface area contributed by atoms with Gasteiger partial charge in [0.05, 0.1) is 0 Å². The van der Waals surface area contributed by atoms with Crippen molar-refractivity contribution in [2.45, 2.75) is 23.6 Å². The predicted octanol–water partition coefficient (Wildman–Crippen LogP) is 3.20. The number of nitrogens with one attached hydrogen (secondary N) is 1. The van der Waals surface area contributed by atoms with Crippen LogP contribution in [0.3, 0.4) is 0 Å². The van der Waals surface area contributed by atoms with Crippen molar-refractivity contribution < 1.29 is 8.42 Å². The Bertz CT molecular complexity index is 965. The number of sulfonamides is 1. The number of nitrogens with zero attached hydrogens (tertiary/aromatic N) is 1. The summed E-state index contributed by atoms with van der Waals surface area (Å²) >= 11 is 1.31. The molecule has 0 aliphatic rings. The summed E-state index contributed by atoms with van der Waals surface area (Å²) in [5.74, 6) is 0. The number of rotatable bonds is 10. The predicted molar refractivity (Wildman–Crippen MR) is 117 cm³/mol. The zero-order chi connectivity index (χ0) is 20.0. The Hall–Kier alpha value is -1.77. The first kappa shape index (κ1) is 21.0. The van der Waals surface area contributed by atoms with Crippen LogP contribution in [0, 0.1) is 0 Å². The molecule has 3 N–H and O–H groups in total. The fourth-order valence-corrected chi connectivity index (χ4v) is 5.50. The molecule has 3 aromatic rings. The van der Waals surface area contributed by atoms with Crippen LogP contribution in [-0.4, -0.2) is 40.0 Å². The van der Waals surface area contributed by atoms with E-state index < -0.39 is 10.0 Å². The highest BCUT2D eigenvalue weighted by molar-refractivity contribution is 7.91. The standard InChI is InChI=1S/C21H27N3O2S2/c1-24(13-4-5-17-8-10-18(16-22)11-9-17)14-12-23-28(25,26)21-15-19-6-2-3-7-20(19)27-21/h2-3,6-11,15,23H,4-5,12-14,16,22H2,1H3. The molecule has 0 amide bonds. The van der Waals surface area contributed by atoms with Crippen molar-refractivity contribution in [1.82, 2.24) is 9.62 Å². The number of hydrogen-bond donors (Lipinski definition) is 2. The van der Waals surface area contributed by atoms with Crippen LogP contribution < -0.4 is 10.5 Å². The molecule has 28 heavy (non-hydrogen) atoms. The van der Waals surface area contributed by atoms with E-state index in [2.05, 4.69) is 33.9 Å². The monoisotopic (exact) mass is 417 g/mol. The van der Waals surface area contributed by atoms with Gasteiger partial charge in [0.25, 0.3) is 0 Å². The first-order valence-electron chi connectivity index (χ1n) is 9.42. The lowest BCUT2D eigenvalue weighted by atomic mass is 10.1. The molecule has 5 nitrogen and oxygen atoms in total. The summed E-state index contributed by atoms with van der Waals surface area (Å²) in [5.41, 5.74) is 8.07. The highest BCUT2D eigenvalue weighted by Crippen LogP contribution is 2.28. The maximum atomic E-state index is 12.5. The van der Waals surface area contributed by atoms with Crippen LogP contribution in [0.5, 0.6) is 0 Å². The van der Waals surface area contributed by atoms with E-state index in [0.717, 1.165) is 35.0 Å². The number of benzene rings is 2. The molecule has 0 spiro atoms. The van der Waals surface area contributed by atoms with Crippen molar-refractivity contribution in [3.8, 4) is 0 Å². The van der Waals surface area contributed by atoms with Gasteiger partial charge in [-0.15, -0.1) is 11.3 Å². The van der Waals surface area contributed by atoms with E-state index in [-0.39, 0.29) is 0 Å². The second kappa shape index (κ2) is 9.62. The molecule has 0 saturated carbocycles. The Morgan fingerprint density at radius 3 is 2.46 bits per heavy atom. The van der Waals surface area contributed by atoms with Gasteiger partial charge in [0.15, 0.2) is 0 Å². The molecule has 0 aliphatic carbocycles. The summed E-state index contributed by atoms with van der Waals surface area (Å²) in [7, 11) is -1.44. The van der Waals surface area contributed by atoms with Crippen LogP contribution >= 0.6 is 11.3 Å². The van der Waals surface area contributed by atoms with Crippen molar-refractivity contribution >= 4 is 31.4 Å². The Morgan fingerprint density at radius 2 is 1.75 bits per heavy atom. The summed E-state index contributed by atoms with van der Waals surface area (Å²) in [4.78, 5) is 2.15. The fraction of sp³-hybridized carbons (Fsp3) is 0.333. The summed E-state index contributed by atoms with van der Waals surface area (Å²) in [6.07, 6.45) is 2.03. The smallest absolute Gasteiger partial charge is 0.250 e. The average Bonchev–Trinajstić information content (AvgIpc) is 3.14. The van der Waals surface area contributed by atoms with Gasteiger partial charge >= 0.3 is 0 Å². The van der Waals surface area contributed by atoms with Crippen LogP contribution in [0.2, 0.25) is 0 Å². The van der Waals surface area contributed by atoms with E-state index in [1.807, 2.05) is 31.3 Å². The highest BCUT2D eigenvalue weighted by Gasteiger charge is 2.17. The summed E-state index contributed by atoms with van der Waals surface area (Å²) in [6, 6.07) is 17.8. The van der Waals surface area contributed by atoms with Crippen LogP contribution in [0.4, 0.5) is 0 Å². The SMILES string of the molecule is CN(CCCc1ccc(CN)cc1)CCNS(=O)(=O)c1cc2ccccc2s1. The molecule has 0 bridgehead atoms. The lowest BCUT2D eigenvalue weighted by molar-refractivity contribution is 0.334. The molecular formula is C21H27N3O2S2. The number of likely N-dealkylation sites (N-methyl/N-ethyl adjacent to an activating group) is 1. The maximum Gasteiger partial charge on any atom is 0.250 e. The Kier molecular flexibility index (Phi) is 7.20. The van der Waals surface area contributed by atoms with Gasteiger partial charge in [-0.1, -0.05) is 42.5 Å². The molecule has 2 aromatic carbocycles. The molecule has 0 unspecified atom stereocenters. The van der Waals surface area contributed by atoms with Crippen LogP contribution in [0.25, 0.3) is 10.1 Å². The lowest BCUT2D eigenvalue weighted by Crippen LogP contribution is -2.33. The Balaban J connectivity index is 1.42. The first-order chi connectivity index (χ1) is 13.5. The van der Waals surface area contributed by atoms with E-state index in [1.165, 1.54) is 16.9 Å². The van der Waals surface area contributed by atoms with Crippen molar-refractivity contribution in [3.05, 3.63) is 65.7 Å².